The molecular formula is C22H28O4. The molecule has 4 nitrogen and oxygen atoms in total. The fourth-order valence-electron chi connectivity index (χ4n) is 3.53. The number of rotatable bonds is 5. The van der Waals surface area contributed by atoms with E-state index in [-0.39, 0.29) is 13.0 Å². The number of benzene rings is 2. The molecule has 0 radical (unpaired) electrons. The van der Waals surface area contributed by atoms with Gasteiger partial charge < -0.3 is 20.1 Å². The first kappa shape index (κ1) is 19.1. The second kappa shape index (κ2) is 8.31. The van der Waals surface area contributed by atoms with Gasteiger partial charge in [-0.1, -0.05) is 49.4 Å². The summed E-state index contributed by atoms with van der Waals surface area (Å²) in [7, 11) is 0. The summed E-state index contributed by atoms with van der Waals surface area (Å²) in [5, 5.41) is 29.6. The van der Waals surface area contributed by atoms with Crippen LogP contribution in [0.4, 0.5) is 0 Å². The standard InChI is InChI=1S/C22H28O4/c1-3-15-5-7-16(8-6-15)10-18-11-17(9-4-14(18)2)22-20(25)12-19(24)21(13-23)26-22/h4-9,11,19-25H,3,10,12-13H2,1-2H3/t19-,20+,21+,22-/m0/s1. The van der Waals surface area contributed by atoms with Crippen molar-refractivity contribution in [3.63, 3.8) is 0 Å². The van der Waals surface area contributed by atoms with Crippen LogP contribution in [-0.2, 0) is 17.6 Å². The van der Waals surface area contributed by atoms with Crippen LogP contribution < -0.4 is 0 Å². The third kappa shape index (κ3) is 4.15. The second-order valence-corrected chi connectivity index (χ2v) is 7.18. The van der Waals surface area contributed by atoms with Gasteiger partial charge in [-0.05, 0) is 47.6 Å². The monoisotopic (exact) mass is 356 g/mol. The predicted molar refractivity (Wildman–Crippen MR) is 101 cm³/mol. The van der Waals surface area contributed by atoms with Crippen LogP contribution in [0.2, 0.25) is 0 Å². The number of hydrogen-bond acceptors (Lipinski definition) is 4. The molecule has 1 saturated heterocycles. The fraction of sp³-hybridized carbons (Fsp3) is 0.455. The molecule has 0 spiro atoms. The van der Waals surface area contributed by atoms with E-state index < -0.39 is 24.4 Å². The van der Waals surface area contributed by atoms with E-state index in [1.54, 1.807) is 0 Å². The number of aryl methyl sites for hydroxylation is 2. The molecular weight excluding hydrogens is 328 g/mol. The molecule has 0 bridgehead atoms. The van der Waals surface area contributed by atoms with Gasteiger partial charge in [-0.3, -0.25) is 0 Å². The lowest BCUT2D eigenvalue weighted by molar-refractivity contribution is -0.181. The number of ether oxygens (including phenoxy) is 1. The first-order chi connectivity index (χ1) is 12.5. The average molecular weight is 356 g/mol. The third-order valence-corrected chi connectivity index (χ3v) is 5.29. The highest BCUT2D eigenvalue weighted by atomic mass is 16.5. The largest absolute Gasteiger partial charge is 0.394 e. The van der Waals surface area contributed by atoms with E-state index >= 15 is 0 Å². The van der Waals surface area contributed by atoms with Crippen LogP contribution in [0.1, 0.15) is 47.3 Å². The molecule has 1 aliphatic heterocycles. The van der Waals surface area contributed by atoms with Gasteiger partial charge in [0.25, 0.3) is 0 Å². The minimum absolute atomic E-state index is 0.206. The highest BCUT2D eigenvalue weighted by molar-refractivity contribution is 5.37. The van der Waals surface area contributed by atoms with E-state index in [4.69, 9.17) is 4.74 Å². The van der Waals surface area contributed by atoms with Crippen LogP contribution in [-0.4, -0.2) is 40.2 Å². The Kier molecular flexibility index (Phi) is 6.09. The Morgan fingerprint density at radius 3 is 2.35 bits per heavy atom. The van der Waals surface area contributed by atoms with Crippen molar-refractivity contribution in [2.45, 2.75) is 57.5 Å². The highest BCUT2D eigenvalue weighted by Crippen LogP contribution is 2.33. The zero-order valence-electron chi connectivity index (χ0n) is 15.4. The molecule has 4 atom stereocenters. The van der Waals surface area contributed by atoms with Crippen molar-refractivity contribution in [2.24, 2.45) is 0 Å². The van der Waals surface area contributed by atoms with E-state index in [1.165, 1.54) is 22.3 Å². The molecule has 1 aliphatic rings. The minimum Gasteiger partial charge on any atom is -0.394 e. The quantitative estimate of drug-likeness (QED) is 0.770. The summed E-state index contributed by atoms with van der Waals surface area (Å²) in [5.41, 5.74) is 5.84. The average Bonchev–Trinajstić information content (AvgIpc) is 2.64. The van der Waals surface area contributed by atoms with Crippen LogP contribution in [0.25, 0.3) is 0 Å². The Bertz CT molecular complexity index is 725. The van der Waals surface area contributed by atoms with Crippen LogP contribution in [0.15, 0.2) is 42.5 Å². The molecule has 3 N–H and O–H groups in total. The van der Waals surface area contributed by atoms with E-state index in [2.05, 4.69) is 44.2 Å². The van der Waals surface area contributed by atoms with Crippen molar-refractivity contribution in [1.29, 1.82) is 0 Å². The van der Waals surface area contributed by atoms with Gasteiger partial charge in [0, 0.05) is 6.42 Å². The number of aliphatic hydroxyl groups excluding tert-OH is 3. The molecule has 0 amide bonds. The van der Waals surface area contributed by atoms with Crippen LogP contribution >= 0.6 is 0 Å². The smallest absolute Gasteiger partial charge is 0.109 e. The molecule has 4 heteroatoms. The Morgan fingerprint density at radius 2 is 1.69 bits per heavy atom. The summed E-state index contributed by atoms with van der Waals surface area (Å²) in [6.45, 7) is 3.97. The van der Waals surface area contributed by atoms with Gasteiger partial charge in [0.1, 0.15) is 12.2 Å². The Morgan fingerprint density at radius 1 is 1.00 bits per heavy atom. The van der Waals surface area contributed by atoms with Crippen molar-refractivity contribution in [3.05, 3.63) is 70.3 Å². The van der Waals surface area contributed by atoms with Crippen molar-refractivity contribution < 1.29 is 20.1 Å². The maximum Gasteiger partial charge on any atom is 0.109 e. The summed E-state index contributed by atoms with van der Waals surface area (Å²) in [6, 6.07) is 14.7. The van der Waals surface area contributed by atoms with E-state index in [0.717, 1.165) is 18.4 Å². The lowest BCUT2D eigenvalue weighted by atomic mass is 9.90. The first-order valence-electron chi connectivity index (χ1n) is 9.31. The van der Waals surface area contributed by atoms with Gasteiger partial charge in [-0.25, -0.2) is 0 Å². The Hall–Kier alpha value is -1.72. The summed E-state index contributed by atoms with van der Waals surface area (Å²) in [6.07, 6.45) is -0.757. The molecule has 1 heterocycles. The minimum atomic E-state index is -0.840. The zero-order chi connectivity index (χ0) is 18.7. The topological polar surface area (TPSA) is 69.9 Å². The van der Waals surface area contributed by atoms with Gasteiger partial charge >= 0.3 is 0 Å². The van der Waals surface area contributed by atoms with Crippen LogP contribution in [0, 0.1) is 6.92 Å². The molecule has 26 heavy (non-hydrogen) atoms. The lowest BCUT2D eigenvalue weighted by Crippen LogP contribution is -2.44. The lowest BCUT2D eigenvalue weighted by Gasteiger charge is -2.37. The normalized spacial score (nSPS) is 26.0. The van der Waals surface area contributed by atoms with Crippen molar-refractivity contribution in [2.75, 3.05) is 6.61 Å². The van der Waals surface area contributed by atoms with E-state index in [1.807, 2.05) is 12.1 Å². The first-order valence-corrected chi connectivity index (χ1v) is 9.31. The van der Waals surface area contributed by atoms with Crippen molar-refractivity contribution >= 4 is 0 Å². The molecule has 2 aromatic carbocycles. The van der Waals surface area contributed by atoms with Gasteiger partial charge in [0.15, 0.2) is 0 Å². The molecule has 0 aliphatic carbocycles. The predicted octanol–water partition coefficient (Wildman–Crippen LogP) is 2.69. The summed E-state index contributed by atoms with van der Waals surface area (Å²) >= 11 is 0. The van der Waals surface area contributed by atoms with Crippen molar-refractivity contribution in [3.8, 4) is 0 Å². The van der Waals surface area contributed by atoms with E-state index in [0.29, 0.717) is 0 Å². The van der Waals surface area contributed by atoms with Gasteiger partial charge in [0.05, 0.1) is 18.8 Å². The molecule has 0 unspecified atom stereocenters. The number of aliphatic hydroxyl groups is 3. The summed E-state index contributed by atoms with van der Waals surface area (Å²) < 4.78 is 5.77. The molecule has 2 aromatic rings. The van der Waals surface area contributed by atoms with Crippen molar-refractivity contribution in [1.82, 2.24) is 0 Å². The SMILES string of the molecule is CCc1ccc(Cc2cc([C@@H]3O[C@H](CO)[C@@H](O)C[C@H]3O)ccc2C)cc1. The summed E-state index contributed by atoms with van der Waals surface area (Å²) in [5.74, 6) is 0. The Labute approximate surface area is 155 Å². The Balaban J connectivity index is 1.82. The molecule has 1 fully saturated rings. The zero-order valence-corrected chi connectivity index (χ0v) is 15.4. The molecule has 140 valence electrons. The summed E-state index contributed by atoms with van der Waals surface area (Å²) in [4.78, 5) is 0. The van der Waals surface area contributed by atoms with E-state index in [9.17, 15) is 15.3 Å². The fourth-order valence-corrected chi connectivity index (χ4v) is 3.53. The molecule has 3 rings (SSSR count). The maximum atomic E-state index is 10.3. The van der Waals surface area contributed by atoms with Gasteiger partial charge in [-0.2, -0.15) is 0 Å². The van der Waals surface area contributed by atoms with Gasteiger partial charge in [0.2, 0.25) is 0 Å². The van der Waals surface area contributed by atoms with Gasteiger partial charge in [-0.15, -0.1) is 0 Å². The number of hydrogen-bond donors (Lipinski definition) is 3. The third-order valence-electron chi connectivity index (χ3n) is 5.29. The van der Waals surface area contributed by atoms with Crippen LogP contribution in [0.3, 0.4) is 0 Å². The molecule has 0 aromatic heterocycles. The molecule has 0 saturated carbocycles. The maximum absolute atomic E-state index is 10.3. The highest BCUT2D eigenvalue weighted by Gasteiger charge is 2.36. The van der Waals surface area contributed by atoms with Crippen LogP contribution in [0.5, 0.6) is 0 Å². The second-order valence-electron chi connectivity index (χ2n) is 7.18.